The number of nitrogens with one attached hydrogen (secondary N) is 1. The molecule has 0 aliphatic rings. The van der Waals surface area contributed by atoms with Crippen LogP contribution < -0.4 is 10.1 Å². The minimum absolute atomic E-state index is 0.0518. The molecule has 0 heterocycles. The molecule has 1 atom stereocenters. The monoisotopic (exact) mass is 453 g/mol. The first kappa shape index (κ1) is 27.1. The minimum atomic E-state index is -2.32. The van der Waals surface area contributed by atoms with Gasteiger partial charge in [0, 0.05) is 19.1 Å². The summed E-state index contributed by atoms with van der Waals surface area (Å²) in [5.74, 6) is -12.9. The summed E-state index contributed by atoms with van der Waals surface area (Å²) in [5.41, 5.74) is -0.601. The molecule has 1 amide bonds. The summed E-state index contributed by atoms with van der Waals surface area (Å²) in [5, 5.41) is 2.35. The van der Waals surface area contributed by atoms with E-state index in [2.05, 4.69) is 17.0 Å². The summed E-state index contributed by atoms with van der Waals surface area (Å²) in [6.07, 6.45) is 5.92. The smallest absolute Gasteiger partial charge is 0.404 e. The summed E-state index contributed by atoms with van der Waals surface area (Å²) in [7, 11) is 0. The molecule has 31 heavy (non-hydrogen) atoms. The van der Waals surface area contributed by atoms with Crippen LogP contribution in [0.5, 0.6) is 5.75 Å². The van der Waals surface area contributed by atoms with Crippen LogP contribution in [0.4, 0.5) is 26.7 Å². The fraction of sp³-hybridized carbons (Fsp3) is 0.682. The lowest BCUT2D eigenvalue weighted by atomic mass is 9.85. The normalized spacial score (nSPS) is 12.7. The van der Waals surface area contributed by atoms with Gasteiger partial charge in [-0.2, -0.15) is 8.78 Å². The highest BCUT2D eigenvalue weighted by atomic mass is 19.2. The highest BCUT2D eigenvalue weighted by Crippen LogP contribution is 2.30. The zero-order valence-corrected chi connectivity index (χ0v) is 18.6. The first-order valence-corrected chi connectivity index (χ1v) is 10.7. The third-order valence-corrected chi connectivity index (χ3v) is 5.26. The highest BCUT2D eigenvalue weighted by Gasteiger charge is 2.31. The largest absolute Gasteiger partial charge is 0.412 e. The summed E-state index contributed by atoms with van der Waals surface area (Å²) < 4.78 is 77.2. The van der Waals surface area contributed by atoms with Crippen LogP contribution in [-0.4, -0.2) is 24.8 Å². The topological polar surface area (TPSA) is 47.6 Å². The molecule has 1 rings (SSSR count). The van der Waals surface area contributed by atoms with Crippen LogP contribution in [0.25, 0.3) is 0 Å². The number of amides is 1. The van der Waals surface area contributed by atoms with Gasteiger partial charge in [-0.25, -0.2) is 18.0 Å². The van der Waals surface area contributed by atoms with Crippen LogP contribution in [0.2, 0.25) is 0 Å². The maximum Gasteiger partial charge on any atom is 0.412 e. The number of hydrogen-bond donors (Lipinski definition) is 1. The van der Waals surface area contributed by atoms with Gasteiger partial charge in [-0.05, 0) is 27.2 Å². The van der Waals surface area contributed by atoms with E-state index in [4.69, 9.17) is 4.74 Å². The van der Waals surface area contributed by atoms with Crippen molar-refractivity contribution in [3.63, 3.8) is 0 Å². The minimum Gasteiger partial charge on any atom is -0.404 e. The Bertz CT molecular complexity index is 699. The SMILES string of the molecule is CCCCCCCCC(CNC(=O)Oc1c(F)c(F)c(F)c(F)c1F)C(C)(C)OCC. The molecule has 1 aromatic rings. The van der Waals surface area contributed by atoms with Crippen LogP contribution in [-0.2, 0) is 4.74 Å². The van der Waals surface area contributed by atoms with Gasteiger partial charge in [0.15, 0.2) is 0 Å². The standard InChI is InChI=1S/C22H32F5NO3/c1-5-7-8-9-10-11-12-14(22(3,4)30-6-2)13-28-21(29)31-20-18(26)16(24)15(23)17(25)19(20)27/h14H,5-13H2,1-4H3,(H,28,29). The Morgan fingerprint density at radius 1 is 0.871 bits per heavy atom. The lowest BCUT2D eigenvalue weighted by Gasteiger charge is -2.34. The van der Waals surface area contributed by atoms with Crippen molar-refractivity contribution in [2.75, 3.05) is 13.2 Å². The molecular formula is C22H32F5NO3. The predicted molar refractivity (Wildman–Crippen MR) is 107 cm³/mol. The number of carbonyl (C=O) groups is 1. The van der Waals surface area contributed by atoms with Gasteiger partial charge in [0.1, 0.15) is 0 Å². The van der Waals surface area contributed by atoms with Crippen LogP contribution in [0.1, 0.15) is 72.6 Å². The van der Waals surface area contributed by atoms with Crippen molar-refractivity contribution in [2.45, 2.75) is 78.2 Å². The quantitative estimate of drug-likeness (QED) is 0.157. The average molecular weight is 453 g/mol. The van der Waals surface area contributed by atoms with Crippen LogP contribution in [0.3, 0.4) is 0 Å². The van der Waals surface area contributed by atoms with Gasteiger partial charge in [0.25, 0.3) is 0 Å². The molecule has 4 nitrogen and oxygen atoms in total. The first-order valence-electron chi connectivity index (χ1n) is 10.7. The molecule has 0 aromatic heterocycles. The van der Waals surface area contributed by atoms with Crippen molar-refractivity contribution in [1.29, 1.82) is 0 Å². The van der Waals surface area contributed by atoms with Gasteiger partial charge in [-0.1, -0.05) is 45.4 Å². The lowest BCUT2D eigenvalue weighted by Crippen LogP contribution is -2.43. The molecule has 0 saturated heterocycles. The predicted octanol–water partition coefficient (Wildman–Crippen LogP) is 6.65. The Kier molecular flexibility index (Phi) is 11.2. The maximum atomic E-state index is 13.7. The molecule has 9 heteroatoms. The molecular weight excluding hydrogens is 421 g/mol. The third-order valence-electron chi connectivity index (χ3n) is 5.26. The number of hydrogen-bond acceptors (Lipinski definition) is 3. The zero-order chi connectivity index (χ0) is 23.6. The number of carbonyl (C=O) groups excluding carboxylic acids is 1. The van der Waals surface area contributed by atoms with Crippen molar-refractivity contribution in [1.82, 2.24) is 5.32 Å². The molecule has 1 N–H and O–H groups in total. The second-order valence-electron chi connectivity index (χ2n) is 7.96. The molecule has 0 fully saturated rings. The van der Waals surface area contributed by atoms with Crippen molar-refractivity contribution in [3.05, 3.63) is 29.1 Å². The van der Waals surface area contributed by atoms with Crippen LogP contribution >= 0.6 is 0 Å². The Labute approximate surface area is 180 Å². The van der Waals surface area contributed by atoms with Crippen LogP contribution in [0, 0.1) is 35.0 Å². The van der Waals surface area contributed by atoms with E-state index in [1.54, 1.807) is 0 Å². The fourth-order valence-corrected chi connectivity index (χ4v) is 3.37. The molecule has 0 aliphatic carbocycles. The van der Waals surface area contributed by atoms with Gasteiger partial charge < -0.3 is 14.8 Å². The van der Waals surface area contributed by atoms with Gasteiger partial charge in [0.2, 0.25) is 34.8 Å². The summed E-state index contributed by atoms with van der Waals surface area (Å²) >= 11 is 0. The summed E-state index contributed by atoms with van der Waals surface area (Å²) in [6, 6.07) is 0. The number of unbranched alkanes of at least 4 members (excludes halogenated alkanes) is 5. The van der Waals surface area contributed by atoms with E-state index in [1.165, 1.54) is 6.42 Å². The molecule has 1 unspecified atom stereocenters. The van der Waals surface area contributed by atoms with Gasteiger partial charge in [0.05, 0.1) is 5.60 Å². The average Bonchev–Trinajstić information content (AvgIpc) is 2.72. The number of benzene rings is 1. The van der Waals surface area contributed by atoms with E-state index in [9.17, 15) is 26.7 Å². The molecule has 1 aromatic carbocycles. The Morgan fingerprint density at radius 3 is 1.94 bits per heavy atom. The van der Waals surface area contributed by atoms with E-state index < -0.39 is 46.5 Å². The van der Waals surface area contributed by atoms with Crippen LogP contribution in [0.15, 0.2) is 0 Å². The lowest BCUT2D eigenvalue weighted by molar-refractivity contribution is -0.0563. The highest BCUT2D eigenvalue weighted by molar-refractivity contribution is 5.70. The molecule has 178 valence electrons. The molecule has 0 bridgehead atoms. The third kappa shape index (κ3) is 7.94. The van der Waals surface area contributed by atoms with E-state index in [0.717, 1.165) is 38.5 Å². The summed E-state index contributed by atoms with van der Waals surface area (Å²) in [4.78, 5) is 12.0. The maximum absolute atomic E-state index is 13.7. The second kappa shape index (κ2) is 12.8. The molecule has 0 radical (unpaired) electrons. The molecule has 0 spiro atoms. The van der Waals surface area contributed by atoms with E-state index in [1.807, 2.05) is 20.8 Å². The first-order chi connectivity index (χ1) is 14.6. The van der Waals surface area contributed by atoms with E-state index in [-0.39, 0.29) is 12.5 Å². The Morgan fingerprint density at radius 2 is 1.39 bits per heavy atom. The van der Waals surface area contributed by atoms with Gasteiger partial charge in [-0.15, -0.1) is 0 Å². The van der Waals surface area contributed by atoms with Crippen molar-refractivity contribution < 1.29 is 36.2 Å². The van der Waals surface area contributed by atoms with Gasteiger partial charge in [-0.3, -0.25) is 0 Å². The zero-order valence-electron chi connectivity index (χ0n) is 18.6. The Hall–Kier alpha value is -1.90. The molecule has 0 saturated carbocycles. The van der Waals surface area contributed by atoms with Crippen molar-refractivity contribution in [2.24, 2.45) is 5.92 Å². The van der Waals surface area contributed by atoms with Crippen molar-refractivity contribution >= 4 is 6.09 Å². The summed E-state index contributed by atoms with van der Waals surface area (Å²) in [6.45, 7) is 8.22. The fourth-order valence-electron chi connectivity index (χ4n) is 3.37. The molecule has 0 aliphatic heterocycles. The Balaban J connectivity index is 2.76. The number of halogens is 5. The number of ether oxygens (including phenoxy) is 2. The second-order valence-corrected chi connectivity index (χ2v) is 7.96. The van der Waals surface area contributed by atoms with Gasteiger partial charge >= 0.3 is 6.09 Å². The van der Waals surface area contributed by atoms with E-state index in [0.29, 0.717) is 6.61 Å². The van der Waals surface area contributed by atoms with E-state index >= 15 is 0 Å². The van der Waals surface area contributed by atoms with Crippen molar-refractivity contribution in [3.8, 4) is 5.75 Å². The number of rotatable bonds is 13.